The molecule has 1 saturated carbocycles. The number of alkyl halides is 6. The number of ether oxygens (including phenoxy) is 2. The highest BCUT2D eigenvalue weighted by Gasteiger charge is 2.44. The fourth-order valence-electron chi connectivity index (χ4n) is 6.85. The Hall–Kier alpha value is -2.56. The van der Waals surface area contributed by atoms with E-state index < -0.39 is 29.9 Å². The summed E-state index contributed by atoms with van der Waals surface area (Å²) in [4.78, 5) is 19.3. The number of nitrogens with zero attached hydrogens (tertiary/aromatic N) is 2. The summed E-state index contributed by atoms with van der Waals surface area (Å²) in [5.41, 5.74) is -0.307. The predicted octanol–water partition coefficient (Wildman–Crippen LogP) is 7.84. The van der Waals surface area contributed by atoms with E-state index in [4.69, 9.17) is 9.47 Å². The van der Waals surface area contributed by atoms with E-state index in [1.807, 2.05) is 13.8 Å². The molecule has 1 aliphatic carbocycles. The molecule has 2 bridgehead atoms. The molecular formula is C30H36F6N2O3. The number of rotatable bonds is 6. The number of benzene rings is 1. The largest absolute Gasteiger partial charge is 0.490 e. The van der Waals surface area contributed by atoms with Crippen molar-refractivity contribution in [2.75, 3.05) is 0 Å². The molecule has 2 aromatic rings. The van der Waals surface area contributed by atoms with Crippen LogP contribution in [0.25, 0.3) is 10.8 Å². The van der Waals surface area contributed by atoms with Crippen LogP contribution in [-0.2, 0) is 22.3 Å². The number of piperidine rings is 2. The molecule has 226 valence electrons. The zero-order chi connectivity index (χ0) is 29.5. The van der Waals surface area contributed by atoms with Crippen molar-refractivity contribution in [1.29, 1.82) is 0 Å². The molecule has 5 nitrogen and oxygen atoms in total. The standard InChI is InChI=1S/C30H36F6N2O3/c1-17(2)40-28(39)19-13-22-4-3-5-23(14-19)38(22)16-21-12-18-6-11-26(27(30(34,35)36)25(18)15-37-21)41-24-9-7-20(8-10-24)29(31,32)33/h6,11-12,15,17,19-20,22-24H,3-5,7-10,13-14,16H2,1-2H3. The highest BCUT2D eigenvalue weighted by atomic mass is 19.4. The summed E-state index contributed by atoms with van der Waals surface area (Å²) in [6, 6.07) is 4.85. The fraction of sp³-hybridized carbons (Fsp3) is 0.667. The van der Waals surface area contributed by atoms with Crippen LogP contribution in [0.3, 0.4) is 0 Å². The lowest BCUT2D eigenvalue weighted by molar-refractivity contribution is -0.185. The monoisotopic (exact) mass is 586 g/mol. The molecule has 5 rings (SSSR count). The van der Waals surface area contributed by atoms with Crippen molar-refractivity contribution in [3.63, 3.8) is 0 Å². The average Bonchev–Trinajstić information content (AvgIpc) is 2.87. The molecule has 3 fully saturated rings. The normalized spacial score (nSPS) is 27.7. The minimum absolute atomic E-state index is 0.0465. The van der Waals surface area contributed by atoms with Gasteiger partial charge in [-0.05, 0) is 82.7 Å². The molecule has 1 aromatic carbocycles. The van der Waals surface area contributed by atoms with Crippen molar-refractivity contribution in [2.45, 2.75) is 115 Å². The van der Waals surface area contributed by atoms with Crippen molar-refractivity contribution in [3.05, 3.63) is 35.7 Å². The topological polar surface area (TPSA) is 51.7 Å². The van der Waals surface area contributed by atoms with E-state index in [1.54, 1.807) is 12.1 Å². The first-order valence-corrected chi connectivity index (χ1v) is 14.5. The van der Waals surface area contributed by atoms with Crippen molar-refractivity contribution in [2.24, 2.45) is 11.8 Å². The van der Waals surface area contributed by atoms with E-state index in [0.29, 0.717) is 30.5 Å². The second-order valence-corrected chi connectivity index (χ2v) is 12.0. The van der Waals surface area contributed by atoms with Gasteiger partial charge in [0, 0.05) is 30.2 Å². The van der Waals surface area contributed by atoms with Gasteiger partial charge in [-0.25, -0.2) is 0 Å². The summed E-state index contributed by atoms with van der Waals surface area (Å²) < 4.78 is 92.9. The second kappa shape index (κ2) is 11.6. The maximum absolute atomic E-state index is 14.3. The van der Waals surface area contributed by atoms with Gasteiger partial charge in [0.2, 0.25) is 0 Å². The number of carbonyl (C=O) groups excluding carboxylic acids is 1. The van der Waals surface area contributed by atoms with Gasteiger partial charge >= 0.3 is 18.3 Å². The number of pyridine rings is 1. The van der Waals surface area contributed by atoms with Gasteiger partial charge < -0.3 is 9.47 Å². The summed E-state index contributed by atoms with van der Waals surface area (Å²) >= 11 is 0. The van der Waals surface area contributed by atoms with Gasteiger partial charge in [-0.2, -0.15) is 26.3 Å². The molecule has 2 aliphatic heterocycles. The SMILES string of the molecule is CC(C)OC(=O)C1CC2CCCC(C1)N2Cc1cc2ccc(OC3CCC(C(F)(F)F)CC3)c(C(F)(F)F)c2cn1. The molecule has 3 heterocycles. The third-order valence-corrected chi connectivity index (χ3v) is 8.79. The Balaban J connectivity index is 1.33. The minimum atomic E-state index is -4.73. The van der Waals surface area contributed by atoms with Crippen LogP contribution in [0.5, 0.6) is 5.75 Å². The van der Waals surface area contributed by atoms with Gasteiger partial charge in [-0.15, -0.1) is 0 Å². The molecule has 0 amide bonds. The minimum Gasteiger partial charge on any atom is -0.490 e. The van der Waals surface area contributed by atoms with E-state index in [2.05, 4.69) is 9.88 Å². The predicted molar refractivity (Wildman–Crippen MR) is 140 cm³/mol. The second-order valence-electron chi connectivity index (χ2n) is 12.0. The quantitative estimate of drug-likeness (QED) is 0.255. The molecule has 0 radical (unpaired) electrons. The van der Waals surface area contributed by atoms with Crippen LogP contribution in [0.1, 0.15) is 82.9 Å². The molecule has 2 atom stereocenters. The summed E-state index contributed by atoms with van der Waals surface area (Å²) in [6.45, 7) is 4.14. The first-order valence-electron chi connectivity index (χ1n) is 14.5. The zero-order valence-corrected chi connectivity index (χ0v) is 23.2. The lowest BCUT2D eigenvalue weighted by Gasteiger charge is -2.48. The number of aromatic nitrogens is 1. The summed E-state index contributed by atoms with van der Waals surface area (Å²) in [7, 11) is 0. The Bertz CT molecular complexity index is 1230. The average molecular weight is 587 g/mol. The van der Waals surface area contributed by atoms with Crippen LogP contribution >= 0.6 is 0 Å². The van der Waals surface area contributed by atoms with E-state index in [0.717, 1.165) is 19.3 Å². The smallest absolute Gasteiger partial charge is 0.420 e. The molecule has 3 aliphatic rings. The molecule has 2 saturated heterocycles. The molecular weight excluding hydrogens is 550 g/mol. The van der Waals surface area contributed by atoms with E-state index in [9.17, 15) is 31.1 Å². The fourth-order valence-corrected chi connectivity index (χ4v) is 6.85. The highest BCUT2D eigenvalue weighted by molar-refractivity contribution is 5.88. The van der Waals surface area contributed by atoms with Crippen molar-refractivity contribution >= 4 is 16.7 Å². The number of fused-ring (bicyclic) bond motifs is 3. The van der Waals surface area contributed by atoms with Crippen LogP contribution in [0, 0.1) is 11.8 Å². The molecule has 0 spiro atoms. The number of carbonyl (C=O) groups is 1. The molecule has 11 heteroatoms. The Morgan fingerprint density at radius 3 is 2.24 bits per heavy atom. The lowest BCUT2D eigenvalue weighted by Crippen LogP contribution is -2.53. The van der Waals surface area contributed by atoms with Gasteiger partial charge in [0.15, 0.2) is 0 Å². The number of hydrogen-bond donors (Lipinski definition) is 0. The van der Waals surface area contributed by atoms with Gasteiger partial charge in [0.1, 0.15) is 11.3 Å². The van der Waals surface area contributed by atoms with Crippen LogP contribution in [0.15, 0.2) is 24.4 Å². The summed E-state index contributed by atoms with van der Waals surface area (Å²) in [6.07, 6.45) is -4.57. The maximum atomic E-state index is 14.3. The zero-order valence-electron chi connectivity index (χ0n) is 23.2. The van der Waals surface area contributed by atoms with Crippen LogP contribution < -0.4 is 4.74 Å². The molecule has 1 aromatic heterocycles. The van der Waals surface area contributed by atoms with E-state index in [-0.39, 0.29) is 66.9 Å². The summed E-state index contributed by atoms with van der Waals surface area (Å²) in [5.74, 6) is -2.13. The third-order valence-electron chi connectivity index (χ3n) is 8.79. The van der Waals surface area contributed by atoms with Gasteiger partial charge in [0.05, 0.1) is 29.7 Å². The van der Waals surface area contributed by atoms with Crippen molar-refractivity contribution in [3.8, 4) is 5.75 Å². The maximum Gasteiger partial charge on any atom is 0.420 e. The Morgan fingerprint density at radius 1 is 1.00 bits per heavy atom. The van der Waals surface area contributed by atoms with E-state index in [1.165, 1.54) is 12.3 Å². The molecule has 0 N–H and O–H groups in total. The third kappa shape index (κ3) is 6.75. The number of hydrogen-bond acceptors (Lipinski definition) is 5. The first kappa shape index (κ1) is 29.9. The highest BCUT2D eigenvalue weighted by Crippen LogP contribution is 2.44. The Labute approximate surface area is 235 Å². The van der Waals surface area contributed by atoms with Crippen LogP contribution in [-0.4, -0.2) is 46.3 Å². The van der Waals surface area contributed by atoms with Gasteiger partial charge in [0.25, 0.3) is 0 Å². The lowest BCUT2D eigenvalue weighted by atomic mass is 9.78. The summed E-state index contributed by atoms with van der Waals surface area (Å²) in [5, 5.41) is 0.272. The van der Waals surface area contributed by atoms with Crippen LogP contribution in [0.4, 0.5) is 26.3 Å². The number of esters is 1. The molecule has 41 heavy (non-hydrogen) atoms. The van der Waals surface area contributed by atoms with E-state index >= 15 is 0 Å². The number of halogens is 6. The van der Waals surface area contributed by atoms with Crippen molar-refractivity contribution in [1.82, 2.24) is 9.88 Å². The molecule has 2 unspecified atom stereocenters. The van der Waals surface area contributed by atoms with Crippen LogP contribution in [0.2, 0.25) is 0 Å². The van der Waals surface area contributed by atoms with Gasteiger partial charge in [-0.3, -0.25) is 14.7 Å². The van der Waals surface area contributed by atoms with Gasteiger partial charge in [-0.1, -0.05) is 12.5 Å². The first-order chi connectivity index (χ1) is 19.3. The van der Waals surface area contributed by atoms with Crippen molar-refractivity contribution < 1.29 is 40.6 Å². The Morgan fingerprint density at radius 2 is 1.66 bits per heavy atom. The Kier molecular flexibility index (Phi) is 8.47.